The van der Waals surface area contributed by atoms with Crippen LogP contribution in [0.15, 0.2) is 34.9 Å². The van der Waals surface area contributed by atoms with Crippen molar-refractivity contribution in [3.63, 3.8) is 0 Å². The van der Waals surface area contributed by atoms with Crippen LogP contribution in [0.25, 0.3) is 11.5 Å². The lowest BCUT2D eigenvalue weighted by atomic mass is 9.93. The van der Waals surface area contributed by atoms with Crippen molar-refractivity contribution in [2.24, 2.45) is 5.92 Å². The number of rotatable bonds is 4. The molecule has 28 heavy (non-hydrogen) atoms. The maximum Gasteiger partial charge on any atom is 0.225 e. The zero-order valence-corrected chi connectivity index (χ0v) is 16.8. The van der Waals surface area contributed by atoms with Gasteiger partial charge in [-0.2, -0.15) is 0 Å². The van der Waals surface area contributed by atoms with E-state index in [0.29, 0.717) is 11.9 Å². The van der Waals surface area contributed by atoms with Gasteiger partial charge < -0.3 is 19.1 Å². The third-order valence-corrected chi connectivity index (χ3v) is 6.18. The van der Waals surface area contributed by atoms with Crippen molar-refractivity contribution in [2.75, 3.05) is 45.2 Å². The zero-order chi connectivity index (χ0) is 19.5. The van der Waals surface area contributed by atoms with Crippen LogP contribution >= 0.6 is 0 Å². The van der Waals surface area contributed by atoms with E-state index < -0.39 is 0 Å². The monoisotopic (exact) mass is 383 g/mol. The summed E-state index contributed by atoms with van der Waals surface area (Å²) in [7, 11) is 4.14. The normalized spacial score (nSPS) is 19.7. The van der Waals surface area contributed by atoms with Crippen molar-refractivity contribution in [3.8, 4) is 11.5 Å². The Kier molecular flexibility index (Phi) is 5.62. The smallest absolute Gasteiger partial charge is 0.225 e. The van der Waals surface area contributed by atoms with Crippen LogP contribution in [-0.4, -0.2) is 72.2 Å². The van der Waals surface area contributed by atoms with Crippen LogP contribution in [0.4, 0.5) is 5.82 Å². The van der Waals surface area contributed by atoms with Crippen molar-refractivity contribution >= 4 is 11.7 Å². The molecular weight excluding hydrogens is 354 g/mol. The SMILES string of the molecule is CN1CCC(N(C)C(=O)C2CCN(c3ccc(-c4ccco4)nn3)CC2)CC1. The Hall–Kier alpha value is -2.41. The van der Waals surface area contributed by atoms with Gasteiger partial charge >= 0.3 is 0 Å². The molecule has 0 N–H and O–H groups in total. The fourth-order valence-corrected chi connectivity index (χ4v) is 4.26. The Balaban J connectivity index is 1.31. The summed E-state index contributed by atoms with van der Waals surface area (Å²) in [5, 5.41) is 8.64. The van der Waals surface area contributed by atoms with Crippen molar-refractivity contribution in [1.82, 2.24) is 20.0 Å². The highest BCUT2D eigenvalue weighted by atomic mass is 16.3. The molecule has 2 aromatic rings. The van der Waals surface area contributed by atoms with Gasteiger partial charge in [-0.15, -0.1) is 10.2 Å². The fourth-order valence-electron chi connectivity index (χ4n) is 4.26. The van der Waals surface area contributed by atoms with Crippen molar-refractivity contribution in [2.45, 2.75) is 31.7 Å². The van der Waals surface area contributed by atoms with Gasteiger partial charge in [0.15, 0.2) is 11.6 Å². The van der Waals surface area contributed by atoms with E-state index in [1.165, 1.54) is 0 Å². The summed E-state index contributed by atoms with van der Waals surface area (Å²) < 4.78 is 5.36. The summed E-state index contributed by atoms with van der Waals surface area (Å²) in [4.78, 5) is 19.5. The highest BCUT2D eigenvalue weighted by Crippen LogP contribution is 2.26. The molecule has 2 aliphatic rings. The minimum absolute atomic E-state index is 0.122. The van der Waals surface area contributed by atoms with Crippen molar-refractivity contribution < 1.29 is 9.21 Å². The summed E-state index contributed by atoms with van der Waals surface area (Å²) in [6, 6.07) is 8.03. The molecule has 2 aliphatic heterocycles. The Bertz CT molecular complexity index is 761. The molecule has 0 atom stereocenters. The lowest BCUT2D eigenvalue weighted by Gasteiger charge is -2.38. The van der Waals surface area contributed by atoms with Gasteiger partial charge in [-0.05, 0) is 70.1 Å². The molecule has 2 fully saturated rings. The van der Waals surface area contributed by atoms with Crippen LogP contribution in [-0.2, 0) is 4.79 Å². The Morgan fingerprint density at radius 1 is 1.07 bits per heavy atom. The number of piperidine rings is 2. The number of hydrogen-bond donors (Lipinski definition) is 0. The lowest BCUT2D eigenvalue weighted by Crippen LogP contribution is -2.48. The average molecular weight is 383 g/mol. The summed E-state index contributed by atoms with van der Waals surface area (Å²) in [6.07, 6.45) is 5.54. The highest BCUT2D eigenvalue weighted by molar-refractivity contribution is 5.79. The van der Waals surface area contributed by atoms with Crippen LogP contribution < -0.4 is 4.90 Å². The molecule has 1 amide bonds. The number of likely N-dealkylation sites (tertiary alicyclic amines) is 1. The number of carbonyl (C=O) groups excluding carboxylic acids is 1. The van der Waals surface area contributed by atoms with Gasteiger partial charge in [-0.1, -0.05) is 0 Å². The van der Waals surface area contributed by atoms with Gasteiger partial charge in [-0.25, -0.2) is 0 Å². The molecule has 0 aromatic carbocycles. The largest absolute Gasteiger partial charge is 0.463 e. The van der Waals surface area contributed by atoms with Gasteiger partial charge in [0.25, 0.3) is 0 Å². The number of anilines is 1. The first-order valence-electron chi connectivity index (χ1n) is 10.2. The number of nitrogens with zero attached hydrogens (tertiary/aromatic N) is 5. The van der Waals surface area contributed by atoms with Gasteiger partial charge in [0.2, 0.25) is 5.91 Å². The molecule has 0 radical (unpaired) electrons. The second-order valence-electron chi connectivity index (χ2n) is 8.00. The van der Waals surface area contributed by atoms with Crippen molar-refractivity contribution in [3.05, 3.63) is 30.5 Å². The fraction of sp³-hybridized carbons (Fsp3) is 0.571. The minimum atomic E-state index is 0.122. The second kappa shape index (κ2) is 8.31. The maximum atomic E-state index is 13.0. The summed E-state index contributed by atoms with van der Waals surface area (Å²) in [6.45, 7) is 3.83. The van der Waals surface area contributed by atoms with Gasteiger partial charge in [0.1, 0.15) is 5.69 Å². The highest BCUT2D eigenvalue weighted by Gasteiger charge is 2.31. The molecule has 4 rings (SSSR count). The minimum Gasteiger partial charge on any atom is -0.463 e. The third kappa shape index (κ3) is 4.04. The predicted molar refractivity (Wildman–Crippen MR) is 108 cm³/mol. The topological polar surface area (TPSA) is 65.7 Å². The van der Waals surface area contributed by atoms with E-state index in [-0.39, 0.29) is 5.92 Å². The third-order valence-electron chi connectivity index (χ3n) is 6.18. The van der Waals surface area contributed by atoms with Crippen LogP contribution in [0.3, 0.4) is 0 Å². The van der Waals surface area contributed by atoms with E-state index in [9.17, 15) is 4.79 Å². The van der Waals surface area contributed by atoms with Crippen LogP contribution in [0.2, 0.25) is 0 Å². The average Bonchev–Trinajstić information content (AvgIpc) is 3.28. The van der Waals surface area contributed by atoms with Crippen LogP contribution in [0.1, 0.15) is 25.7 Å². The van der Waals surface area contributed by atoms with Gasteiger partial charge in [0.05, 0.1) is 6.26 Å². The standard InChI is InChI=1S/C21H29N5O2/c1-24-11-9-17(10-12-24)25(2)21(27)16-7-13-26(14-8-16)20-6-5-18(22-23-20)19-4-3-15-28-19/h3-6,15-17H,7-14H2,1-2H3. The number of aromatic nitrogens is 2. The first-order chi connectivity index (χ1) is 13.6. The van der Waals surface area contributed by atoms with Gasteiger partial charge in [0, 0.05) is 32.1 Å². The molecule has 0 saturated carbocycles. The Labute approximate surface area is 166 Å². The number of hydrogen-bond acceptors (Lipinski definition) is 6. The summed E-state index contributed by atoms with van der Waals surface area (Å²) >= 11 is 0. The van der Waals surface area contributed by atoms with E-state index in [2.05, 4.69) is 27.0 Å². The van der Waals surface area contributed by atoms with E-state index >= 15 is 0 Å². The molecule has 2 saturated heterocycles. The molecule has 2 aromatic heterocycles. The van der Waals surface area contributed by atoms with Gasteiger partial charge in [-0.3, -0.25) is 4.79 Å². The molecule has 0 bridgehead atoms. The molecule has 7 heteroatoms. The molecule has 150 valence electrons. The first-order valence-corrected chi connectivity index (χ1v) is 10.2. The number of amides is 1. The van der Waals surface area contributed by atoms with E-state index in [0.717, 1.165) is 69.1 Å². The molecular formula is C21H29N5O2. The molecule has 7 nitrogen and oxygen atoms in total. The van der Waals surface area contributed by atoms with Crippen molar-refractivity contribution in [1.29, 1.82) is 0 Å². The molecule has 0 unspecified atom stereocenters. The molecule has 0 aliphatic carbocycles. The molecule has 4 heterocycles. The second-order valence-corrected chi connectivity index (χ2v) is 8.00. The number of furan rings is 1. The quantitative estimate of drug-likeness (QED) is 0.808. The van der Waals surface area contributed by atoms with Crippen LogP contribution in [0, 0.1) is 5.92 Å². The Morgan fingerprint density at radius 2 is 1.82 bits per heavy atom. The Morgan fingerprint density at radius 3 is 2.43 bits per heavy atom. The summed E-state index contributed by atoms with van der Waals surface area (Å²) in [5.41, 5.74) is 0.735. The number of carbonyl (C=O) groups is 1. The predicted octanol–water partition coefficient (Wildman–Crippen LogP) is 2.51. The molecule has 0 spiro atoms. The van der Waals surface area contributed by atoms with Crippen LogP contribution in [0.5, 0.6) is 0 Å². The maximum absolute atomic E-state index is 13.0. The van der Waals surface area contributed by atoms with E-state index in [4.69, 9.17) is 4.42 Å². The zero-order valence-electron chi connectivity index (χ0n) is 16.8. The van der Waals surface area contributed by atoms with E-state index in [1.54, 1.807) is 6.26 Å². The lowest BCUT2D eigenvalue weighted by molar-refractivity contribution is -0.137. The summed E-state index contributed by atoms with van der Waals surface area (Å²) in [5.74, 6) is 2.02. The van der Waals surface area contributed by atoms with E-state index in [1.807, 2.05) is 36.2 Å². The first kappa shape index (κ1) is 18.9.